The maximum absolute atomic E-state index is 11.6. The van der Waals surface area contributed by atoms with E-state index in [0.29, 0.717) is 24.4 Å². The van der Waals surface area contributed by atoms with Crippen molar-refractivity contribution in [3.05, 3.63) is 34.9 Å². The number of benzene rings is 1. The second-order valence-electron chi connectivity index (χ2n) is 4.86. The number of rotatable bonds is 5. The molecule has 0 aromatic heterocycles. The number of hydrogen-bond donors (Lipinski definition) is 2. The molecule has 0 aliphatic rings. The van der Waals surface area contributed by atoms with E-state index in [4.69, 9.17) is 17.3 Å². The number of nitrogens with two attached hydrogens (primary N) is 1. The Bertz CT molecular complexity index is 385. The van der Waals surface area contributed by atoms with Crippen LogP contribution in [0.5, 0.6) is 0 Å². The molecule has 3 N–H and O–H groups in total. The summed E-state index contributed by atoms with van der Waals surface area (Å²) in [6.45, 7) is 4.23. The largest absolute Gasteiger partial charge is 0.354 e. The zero-order chi connectivity index (χ0) is 12.9. The smallest absolute Gasteiger partial charge is 0.220 e. The molecule has 0 spiro atoms. The SMILES string of the molecule is CC(C)(N)CNC(=O)CCc1ccccc1Cl. The molecule has 3 nitrogen and oxygen atoms in total. The third kappa shape index (κ3) is 5.71. The molecule has 0 bridgehead atoms. The predicted molar refractivity (Wildman–Crippen MR) is 71.0 cm³/mol. The van der Waals surface area contributed by atoms with E-state index in [1.165, 1.54) is 0 Å². The molecular formula is C13H19ClN2O. The van der Waals surface area contributed by atoms with Crippen molar-refractivity contribution in [3.63, 3.8) is 0 Å². The normalized spacial score (nSPS) is 11.3. The molecular weight excluding hydrogens is 236 g/mol. The predicted octanol–water partition coefficient (Wildman–Crippen LogP) is 2.13. The van der Waals surface area contributed by atoms with Gasteiger partial charge in [-0.3, -0.25) is 4.79 Å². The fraction of sp³-hybridized carbons (Fsp3) is 0.462. The zero-order valence-electron chi connectivity index (χ0n) is 10.3. The highest BCUT2D eigenvalue weighted by Gasteiger charge is 2.12. The summed E-state index contributed by atoms with van der Waals surface area (Å²) in [6, 6.07) is 7.56. The third-order valence-corrected chi connectivity index (χ3v) is 2.69. The highest BCUT2D eigenvalue weighted by atomic mass is 35.5. The number of amides is 1. The molecule has 0 aliphatic heterocycles. The summed E-state index contributed by atoms with van der Waals surface area (Å²) in [7, 11) is 0. The molecule has 0 saturated carbocycles. The first-order valence-corrected chi connectivity index (χ1v) is 6.05. The zero-order valence-corrected chi connectivity index (χ0v) is 11.1. The van der Waals surface area contributed by atoms with Crippen LogP contribution in [0.1, 0.15) is 25.8 Å². The van der Waals surface area contributed by atoms with Crippen molar-refractivity contribution in [3.8, 4) is 0 Å². The van der Waals surface area contributed by atoms with Crippen LogP contribution in [0.3, 0.4) is 0 Å². The van der Waals surface area contributed by atoms with Crippen molar-refractivity contribution < 1.29 is 4.79 Å². The van der Waals surface area contributed by atoms with Gasteiger partial charge in [-0.15, -0.1) is 0 Å². The molecule has 0 heterocycles. The fourth-order valence-electron chi connectivity index (χ4n) is 1.36. The average Bonchev–Trinajstić information content (AvgIpc) is 2.24. The second-order valence-corrected chi connectivity index (χ2v) is 5.26. The third-order valence-electron chi connectivity index (χ3n) is 2.32. The van der Waals surface area contributed by atoms with Crippen LogP contribution in [0, 0.1) is 0 Å². The lowest BCUT2D eigenvalue weighted by atomic mass is 10.1. The molecule has 1 aromatic carbocycles. The van der Waals surface area contributed by atoms with E-state index in [0.717, 1.165) is 5.56 Å². The maximum Gasteiger partial charge on any atom is 0.220 e. The van der Waals surface area contributed by atoms with E-state index in [1.807, 2.05) is 38.1 Å². The first kappa shape index (κ1) is 14.0. The van der Waals surface area contributed by atoms with Gasteiger partial charge in [0.05, 0.1) is 0 Å². The summed E-state index contributed by atoms with van der Waals surface area (Å²) in [5, 5.41) is 3.51. The van der Waals surface area contributed by atoms with Crippen LogP contribution in [0.15, 0.2) is 24.3 Å². The summed E-state index contributed by atoms with van der Waals surface area (Å²) >= 11 is 6.01. The fourth-order valence-corrected chi connectivity index (χ4v) is 1.59. The van der Waals surface area contributed by atoms with Gasteiger partial charge in [-0.05, 0) is 31.9 Å². The van der Waals surface area contributed by atoms with Crippen molar-refractivity contribution in [1.29, 1.82) is 0 Å². The van der Waals surface area contributed by atoms with Crippen LogP contribution in [-0.2, 0) is 11.2 Å². The molecule has 0 saturated heterocycles. The molecule has 1 aromatic rings. The number of carbonyl (C=O) groups is 1. The summed E-state index contributed by atoms with van der Waals surface area (Å²) in [4.78, 5) is 11.6. The van der Waals surface area contributed by atoms with Crippen LogP contribution < -0.4 is 11.1 Å². The second kappa shape index (κ2) is 6.03. The Hall–Kier alpha value is -1.06. The Morgan fingerprint density at radius 3 is 2.65 bits per heavy atom. The summed E-state index contributed by atoms with van der Waals surface area (Å²) in [6.07, 6.45) is 1.08. The van der Waals surface area contributed by atoms with Crippen molar-refractivity contribution in [1.82, 2.24) is 5.32 Å². The molecule has 4 heteroatoms. The van der Waals surface area contributed by atoms with Gasteiger partial charge >= 0.3 is 0 Å². The minimum Gasteiger partial charge on any atom is -0.354 e. The maximum atomic E-state index is 11.6. The molecule has 0 aliphatic carbocycles. The van der Waals surface area contributed by atoms with Gasteiger partial charge in [-0.2, -0.15) is 0 Å². The van der Waals surface area contributed by atoms with Crippen molar-refractivity contribution in [2.45, 2.75) is 32.2 Å². The Kier molecular flexibility index (Phi) is 4.97. The Morgan fingerprint density at radius 1 is 1.41 bits per heavy atom. The van der Waals surface area contributed by atoms with Crippen LogP contribution >= 0.6 is 11.6 Å². The highest BCUT2D eigenvalue weighted by Crippen LogP contribution is 2.16. The van der Waals surface area contributed by atoms with Gasteiger partial charge in [0.15, 0.2) is 0 Å². The minimum absolute atomic E-state index is 0.00319. The standard InChI is InChI=1S/C13H19ClN2O/c1-13(2,15)9-16-12(17)8-7-10-5-3-4-6-11(10)14/h3-6H,7-9,15H2,1-2H3,(H,16,17). The van der Waals surface area contributed by atoms with Gasteiger partial charge in [-0.1, -0.05) is 29.8 Å². The van der Waals surface area contributed by atoms with E-state index in [1.54, 1.807) is 0 Å². The van der Waals surface area contributed by atoms with Crippen LogP contribution in [0.2, 0.25) is 5.02 Å². The molecule has 0 atom stereocenters. The monoisotopic (exact) mass is 254 g/mol. The van der Waals surface area contributed by atoms with E-state index in [9.17, 15) is 4.79 Å². The van der Waals surface area contributed by atoms with E-state index >= 15 is 0 Å². The molecule has 0 unspecified atom stereocenters. The van der Waals surface area contributed by atoms with Crippen molar-refractivity contribution >= 4 is 17.5 Å². The molecule has 0 radical (unpaired) electrons. The lowest BCUT2D eigenvalue weighted by Gasteiger charge is -2.18. The van der Waals surface area contributed by atoms with Crippen LogP contribution in [0.4, 0.5) is 0 Å². The summed E-state index contributed by atoms with van der Waals surface area (Å²) < 4.78 is 0. The van der Waals surface area contributed by atoms with E-state index < -0.39 is 0 Å². The van der Waals surface area contributed by atoms with Gasteiger partial charge in [0, 0.05) is 23.5 Å². The molecule has 1 amide bonds. The number of aryl methyl sites for hydroxylation is 1. The molecule has 0 fully saturated rings. The summed E-state index contributed by atoms with van der Waals surface area (Å²) in [5.74, 6) is 0.00319. The first-order chi connectivity index (χ1) is 7.88. The molecule has 17 heavy (non-hydrogen) atoms. The van der Waals surface area contributed by atoms with Crippen molar-refractivity contribution in [2.75, 3.05) is 6.54 Å². The number of halogens is 1. The van der Waals surface area contributed by atoms with Gasteiger partial charge in [0.2, 0.25) is 5.91 Å². The highest BCUT2D eigenvalue weighted by molar-refractivity contribution is 6.31. The quantitative estimate of drug-likeness (QED) is 0.846. The van der Waals surface area contributed by atoms with Gasteiger partial charge in [0.25, 0.3) is 0 Å². The van der Waals surface area contributed by atoms with Crippen molar-refractivity contribution in [2.24, 2.45) is 5.73 Å². The molecule has 1 rings (SSSR count). The number of nitrogens with one attached hydrogen (secondary N) is 1. The average molecular weight is 255 g/mol. The number of hydrogen-bond acceptors (Lipinski definition) is 2. The van der Waals surface area contributed by atoms with Gasteiger partial charge in [0.1, 0.15) is 0 Å². The van der Waals surface area contributed by atoms with Gasteiger partial charge in [-0.25, -0.2) is 0 Å². The van der Waals surface area contributed by atoms with E-state index in [-0.39, 0.29) is 11.4 Å². The lowest BCUT2D eigenvalue weighted by molar-refractivity contribution is -0.121. The van der Waals surface area contributed by atoms with Gasteiger partial charge < -0.3 is 11.1 Å². The minimum atomic E-state index is -0.375. The summed E-state index contributed by atoms with van der Waals surface area (Å²) in [5.41, 5.74) is 6.40. The Balaban J connectivity index is 2.36. The number of carbonyl (C=O) groups excluding carboxylic acids is 1. The topological polar surface area (TPSA) is 55.1 Å². The van der Waals surface area contributed by atoms with Crippen LogP contribution in [0.25, 0.3) is 0 Å². The lowest BCUT2D eigenvalue weighted by Crippen LogP contribution is -2.45. The first-order valence-electron chi connectivity index (χ1n) is 5.67. The molecule has 94 valence electrons. The Morgan fingerprint density at radius 2 is 2.06 bits per heavy atom. The van der Waals surface area contributed by atoms with Crippen LogP contribution in [-0.4, -0.2) is 18.0 Å². The Labute approximate surface area is 107 Å². The van der Waals surface area contributed by atoms with E-state index in [2.05, 4.69) is 5.32 Å².